The molecule has 0 atom stereocenters. The van der Waals surface area contributed by atoms with E-state index in [4.69, 9.17) is 15.0 Å². The molecule has 0 amide bonds. The Balaban J connectivity index is 1.82. The molecule has 0 saturated heterocycles. The fourth-order valence-electron chi connectivity index (χ4n) is 8.55. The van der Waals surface area contributed by atoms with Crippen molar-refractivity contribution in [2.45, 2.75) is 119 Å². The molecular formula is C41H50N4O. The van der Waals surface area contributed by atoms with E-state index in [2.05, 4.69) is 91.1 Å². The van der Waals surface area contributed by atoms with Crippen LogP contribution in [0.15, 0.2) is 95.9 Å². The lowest BCUT2D eigenvalue weighted by Crippen LogP contribution is -2.32. The number of aliphatic imine (C=N–C) groups is 3. The highest BCUT2D eigenvalue weighted by Crippen LogP contribution is 2.47. The number of fused-ring (bicyclic) bond motifs is 4. The topological polar surface area (TPSA) is 69.3 Å². The van der Waals surface area contributed by atoms with Crippen LogP contribution in [-0.2, 0) is 5.41 Å². The van der Waals surface area contributed by atoms with Crippen LogP contribution in [0.25, 0.3) is 11.5 Å². The van der Waals surface area contributed by atoms with E-state index in [-0.39, 0.29) is 5.41 Å². The molecule has 0 spiro atoms. The van der Waals surface area contributed by atoms with Crippen LogP contribution in [0.2, 0.25) is 0 Å². The van der Waals surface area contributed by atoms with Gasteiger partial charge < -0.3 is 10.4 Å². The molecule has 5 heteroatoms. The van der Waals surface area contributed by atoms with Crippen LogP contribution in [-0.4, -0.2) is 22.2 Å². The number of aliphatic hydroxyl groups is 1. The number of aliphatic hydroxyl groups excluding tert-OH is 1. The van der Waals surface area contributed by atoms with Gasteiger partial charge in [0.1, 0.15) is 0 Å². The van der Waals surface area contributed by atoms with Gasteiger partial charge in [-0.25, -0.2) is 15.0 Å². The molecule has 0 unspecified atom stereocenters. The lowest BCUT2D eigenvalue weighted by Gasteiger charge is -2.29. The molecule has 8 bridgehead atoms. The second-order valence-corrected chi connectivity index (χ2v) is 12.9. The summed E-state index contributed by atoms with van der Waals surface area (Å²) in [7, 11) is 0. The summed E-state index contributed by atoms with van der Waals surface area (Å²) < 4.78 is 0. The highest BCUT2D eigenvalue weighted by atomic mass is 16.3. The highest BCUT2D eigenvalue weighted by molar-refractivity contribution is 6.19. The molecule has 46 heavy (non-hydrogen) atoms. The zero-order valence-corrected chi connectivity index (χ0v) is 29.3. The Morgan fingerprint density at radius 2 is 1.11 bits per heavy atom. The zero-order chi connectivity index (χ0) is 32.9. The maximum atomic E-state index is 11.1. The van der Waals surface area contributed by atoms with E-state index in [0.29, 0.717) is 5.76 Å². The number of nitrogens with one attached hydrogen (secondary N) is 1. The van der Waals surface area contributed by atoms with Crippen LogP contribution in [0.3, 0.4) is 0 Å². The summed E-state index contributed by atoms with van der Waals surface area (Å²) in [5.74, 6) is 0.347. The fraction of sp³-hybridized carbons (Fsp3) is 0.439. The molecule has 0 aliphatic carbocycles. The zero-order valence-electron chi connectivity index (χ0n) is 29.3. The van der Waals surface area contributed by atoms with Crippen molar-refractivity contribution in [2.24, 2.45) is 15.0 Å². The smallest absolute Gasteiger partial charge is 0.0967 e. The van der Waals surface area contributed by atoms with Gasteiger partial charge in [-0.1, -0.05) is 61.5 Å². The average Bonchev–Trinajstić information content (AvgIpc) is 3.78. The van der Waals surface area contributed by atoms with Gasteiger partial charge in [0, 0.05) is 21.5 Å². The molecule has 2 N–H and O–H groups in total. The summed E-state index contributed by atoms with van der Waals surface area (Å²) in [6.45, 7) is 19.8. The lowest BCUT2D eigenvalue weighted by atomic mass is 9.73. The van der Waals surface area contributed by atoms with Crippen LogP contribution in [0.5, 0.6) is 0 Å². The van der Waals surface area contributed by atoms with E-state index in [0.717, 1.165) is 107 Å². The lowest BCUT2D eigenvalue weighted by molar-refractivity contribution is 0.472. The molecule has 0 fully saturated rings. The van der Waals surface area contributed by atoms with Gasteiger partial charge in [0.25, 0.3) is 0 Å². The van der Waals surface area contributed by atoms with Crippen molar-refractivity contribution in [1.82, 2.24) is 0 Å². The molecule has 1 aromatic rings. The van der Waals surface area contributed by atoms with Gasteiger partial charge in [0.2, 0.25) is 0 Å². The number of hydrogen-bond acceptors (Lipinski definition) is 5. The third-order valence-corrected chi connectivity index (χ3v) is 10.9. The maximum absolute atomic E-state index is 11.1. The fourth-order valence-corrected chi connectivity index (χ4v) is 8.55. The second kappa shape index (κ2) is 12.3. The third kappa shape index (κ3) is 4.60. The number of allylic oxidation sites excluding steroid dienone is 9. The van der Waals surface area contributed by atoms with E-state index in [9.17, 15) is 5.11 Å². The summed E-state index contributed by atoms with van der Waals surface area (Å²) in [5.41, 5.74) is 17.1. The first-order chi connectivity index (χ1) is 22.2. The van der Waals surface area contributed by atoms with Crippen LogP contribution in [0.4, 0.5) is 5.69 Å². The molecule has 5 heterocycles. The molecule has 5 aliphatic heterocycles. The average molecular weight is 615 g/mol. The van der Waals surface area contributed by atoms with Gasteiger partial charge >= 0.3 is 0 Å². The Morgan fingerprint density at radius 1 is 0.630 bits per heavy atom. The number of hydrogen-bond donors (Lipinski definition) is 2. The summed E-state index contributed by atoms with van der Waals surface area (Å²) >= 11 is 0. The van der Waals surface area contributed by atoms with E-state index in [1.165, 1.54) is 39.0 Å². The summed E-state index contributed by atoms with van der Waals surface area (Å²) in [4.78, 5) is 16.1. The standard InChI is InChI=1S/C41H50N4O/c1-10-24-25(11-2)34-21-35-28(14-5)29(15-6)39(44-35)31-19-18-30(23(9)46)38-40(31)45-37(41(38,16-7)17-8)22-36-27(13-4)26(12-3)33(43-36)20-32(24)42-34/h18-22,45-46H,10-17H2,1-9H3/b30-23-,33-20?,34-21?,37-22?,39-31?. The second-order valence-electron chi connectivity index (χ2n) is 12.9. The number of rotatable bonds is 8. The Labute approximate surface area is 275 Å². The maximum Gasteiger partial charge on any atom is 0.0967 e. The van der Waals surface area contributed by atoms with Crippen molar-refractivity contribution in [2.75, 3.05) is 5.32 Å². The van der Waals surface area contributed by atoms with Gasteiger partial charge in [-0.2, -0.15) is 0 Å². The van der Waals surface area contributed by atoms with Crippen molar-refractivity contribution < 1.29 is 5.11 Å². The minimum atomic E-state index is -0.298. The van der Waals surface area contributed by atoms with Crippen molar-refractivity contribution in [1.29, 1.82) is 0 Å². The SMILES string of the molecule is CCC1=C(CC)C2=NC1=CC1=NC(=c3cc/c(=C(\C)O)c4c3NC(=CC3=NC(=C2)C(CC)=C3CC)C4(CC)CC)C(CC)=C1CC. The molecule has 6 rings (SSSR count). The van der Waals surface area contributed by atoms with Crippen molar-refractivity contribution in [3.8, 4) is 0 Å². The van der Waals surface area contributed by atoms with E-state index < -0.39 is 0 Å². The third-order valence-electron chi connectivity index (χ3n) is 10.9. The van der Waals surface area contributed by atoms with Crippen molar-refractivity contribution in [3.05, 3.63) is 96.9 Å². The van der Waals surface area contributed by atoms with Gasteiger partial charge in [-0.15, -0.1) is 0 Å². The van der Waals surface area contributed by atoms with E-state index >= 15 is 0 Å². The Morgan fingerprint density at radius 3 is 1.59 bits per heavy atom. The predicted octanol–water partition coefficient (Wildman–Crippen LogP) is 9.34. The molecule has 1 aromatic carbocycles. The van der Waals surface area contributed by atoms with Gasteiger partial charge in [0.05, 0.1) is 45.7 Å². The van der Waals surface area contributed by atoms with Crippen LogP contribution in [0.1, 0.15) is 119 Å². The first kappa shape index (κ1) is 32.0. The van der Waals surface area contributed by atoms with E-state index in [1.807, 2.05) is 6.92 Å². The Bertz CT molecular complexity index is 1940. The van der Waals surface area contributed by atoms with Crippen LogP contribution >= 0.6 is 0 Å². The summed E-state index contributed by atoms with van der Waals surface area (Å²) in [6, 6.07) is 4.28. The first-order valence-electron chi connectivity index (χ1n) is 17.7. The molecule has 5 nitrogen and oxygen atoms in total. The minimum absolute atomic E-state index is 0.298. The van der Waals surface area contributed by atoms with Gasteiger partial charge in [0.15, 0.2) is 0 Å². The monoisotopic (exact) mass is 614 g/mol. The van der Waals surface area contributed by atoms with E-state index in [1.54, 1.807) is 0 Å². The molecule has 240 valence electrons. The predicted molar refractivity (Wildman–Crippen MR) is 196 cm³/mol. The number of benzene rings is 1. The number of anilines is 1. The Kier molecular flexibility index (Phi) is 8.56. The van der Waals surface area contributed by atoms with Crippen molar-refractivity contribution in [3.63, 3.8) is 0 Å². The van der Waals surface area contributed by atoms with Gasteiger partial charge in [-0.05, 0) is 122 Å². The van der Waals surface area contributed by atoms with Crippen LogP contribution in [0, 0.1) is 0 Å². The highest BCUT2D eigenvalue weighted by Gasteiger charge is 2.43. The quantitative estimate of drug-likeness (QED) is 0.306. The molecular weight excluding hydrogens is 564 g/mol. The first-order valence-corrected chi connectivity index (χ1v) is 17.7. The largest absolute Gasteiger partial charge is 0.512 e. The van der Waals surface area contributed by atoms with Crippen LogP contribution < -0.4 is 15.8 Å². The molecule has 0 radical (unpaired) electrons. The summed E-state index contributed by atoms with van der Waals surface area (Å²) in [5, 5.41) is 17.0. The Hall–Kier alpha value is -3.99. The normalized spacial score (nSPS) is 20.5. The summed E-state index contributed by atoms with van der Waals surface area (Å²) in [6.07, 6.45) is 14.1. The van der Waals surface area contributed by atoms with Crippen molar-refractivity contribution >= 4 is 34.3 Å². The molecule has 0 aromatic heterocycles. The molecule has 0 saturated carbocycles. The minimum Gasteiger partial charge on any atom is -0.512 e. The molecule has 5 aliphatic rings. The number of nitrogens with zero attached hydrogens (tertiary/aromatic N) is 3. The van der Waals surface area contributed by atoms with Gasteiger partial charge in [-0.3, -0.25) is 0 Å².